The van der Waals surface area contributed by atoms with Crippen LogP contribution in [0.2, 0.25) is 0 Å². The van der Waals surface area contributed by atoms with Crippen LogP contribution in [0.1, 0.15) is 63.5 Å². The van der Waals surface area contributed by atoms with Crippen molar-refractivity contribution in [3.63, 3.8) is 0 Å². The molecule has 0 radical (unpaired) electrons. The molecule has 1 aromatic rings. The third kappa shape index (κ3) is 3.24. The molecule has 0 amide bonds. The van der Waals surface area contributed by atoms with Crippen molar-refractivity contribution in [2.75, 3.05) is 6.61 Å². The molecular formula is C18H27NO. The van der Waals surface area contributed by atoms with Crippen LogP contribution in [-0.4, -0.2) is 18.2 Å². The average Bonchev–Trinajstić information content (AvgIpc) is 2.49. The Morgan fingerprint density at radius 2 is 1.90 bits per heavy atom. The van der Waals surface area contributed by atoms with Gasteiger partial charge >= 0.3 is 0 Å². The molecule has 2 aliphatic rings. The number of nitrogens with one attached hydrogen (secondary N) is 1. The minimum atomic E-state index is 0.199. The quantitative estimate of drug-likeness (QED) is 0.890. The van der Waals surface area contributed by atoms with Crippen LogP contribution in [-0.2, 0) is 4.74 Å². The largest absolute Gasteiger partial charge is 0.375 e. The van der Waals surface area contributed by atoms with E-state index in [0.717, 1.165) is 13.0 Å². The monoisotopic (exact) mass is 273 g/mol. The minimum absolute atomic E-state index is 0.199. The van der Waals surface area contributed by atoms with Gasteiger partial charge in [-0.25, -0.2) is 0 Å². The fraction of sp³-hybridized carbons (Fsp3) is 0.667. The molecule has 1 spiro atoms. The van der Waals surface area contributed by atoms with Crippen molar-refractivity contribution in [3.8, 4) is 0 Å². The third-order valence-electron chi connectivity index (χ3n) is 5.04. The molecular weight excluding hydrogens is 246 g/mol. The second-order valence-electron chi connectivity index (χ2n) is 6.58. The van der Waals surface area contributed by atoms with E-state index in [1.807, 2.05) is 0 Å². The fourth-order valence-corrected chi connectivity index (χ4v) is 3.91. The highest BCUT2D eigenvalue weighted by molar-refractivity contribution is 5.18. The van der Waals surface area contributed by atoms with Crippen LogP contribution in [0.5, 0.6) is 0 Å². The lowest BCUT2D eigenvalue weighted by Crippen LogP contribution is -2.48. The van der Waals surface area contributed by atoms with Crippen molar-refractivity contribution in [1.29, 1.82) is 0 Å². The van der Waals surface area contributed by atoms with Gasteiger partial charge in [-0.2, -0.15) is 0 Å². The zero-order valence-corrected chi connectivity index (χ0v) is 12.6. The predicted molar refractivity (Wildman–Crippen MR) is 82.8 cm³/mol. The van der Waals surface area contributed by atoms with Crippen molar-refractivity contribution < 1.29 is 4.74 Å². The lowest BCUT2D eigenvalue weighted by Gasteiger charge is -2.44. The SMILES string of the molecule is C[C@@H](NC1CCOC2(CCCCC2)C1)c1ccccc1. The maximum absolute atomic E-state index is 6.18. The molecule has 3 rings (SSSR count). The molecule has 1 aliphatic carbocycles. The first-order chi connectivity index (χ1) is 9.77. The highest BCUT2D eigenvalue weighted by Crippen LogP contribution is 2.38. The van der Waals surface area contributed by atoms with Gasteiger partial charge in [0.15, 0.2) is 0 Å². The van der Waals surface area contributed by atoms with Gasteiger partial charge in [-0.3, -0.25) is 0 Å². The zero-order chi connectivity index (χ0) is 13.8. The molecule has 1 aromatic carbocycles. The summed E-state index contributed by atoms with van der Waals surface area (Å²) in [5.41, 5.74) is 1.58. The molecule has 2 fully saturated rings. The van der Waals surface area contributed by atoms with E-state index >= 15 is 0 Å². The molecule has 2 atom stereocenters. The van der Waals surface area contributed by atoms with Crippen LogP contribution in [0.25, 0.3) is 0 Å². The Kier molecular flexibility index (Phi) is 4.42. The molecule has 2 nitrogen and oxygen atoms in total. The van der Waals surface area contributed by atoms with E-state index in [-0.39, 0.29) is 5.60 Å². The number of ether oxygens (including phenoxy) is 1. The first-order valence-electron chi connectivity index (χ1n) is 8.22. The van der Waals surface area contributed by atoms with Crippen molar-refractivity contribution in [3.05, 3.63) is 35.9 Å². The predicted octanol–water partition coefficient (Wildman–Crippen LogP) is 4.22. The van der Waals surface area contributed by atoms with Crippen LogP contribution in [0.15, 0.2) is 30.3 Å². The number of hydrogen-bond donors (Lipinski definition) is 1. The van der Waals surface area contributed by atoms with Crippen LogP contribution >= 0.6 is 0 Å². The summed E-state index contributed by atoms with van der Waals surface area (Å²) in [5, 5.41) is 3.83. The van der Waals surface area contributed by atoms with E-state index in [9.17, 15) is 0 Å². The van der Waals surface area contributed by atoms with Gasteiger partial charge in [0.1, 0.15) is 0 Å². The second-order valence-corrected chi connectivity index (χ2v) is 6.58. The first kappa shape index (κ1) is 14.1. The van der Waals surface area contributed by atoms with Gasteiger partial charge in [-0.05, 0) is 38.2 Å². The summed E-state index contributed by atoms with van der Waals surface area (Å²) in [6.07, 6.45) is 8.98. The summed E-state index contributed by atoms with van der Waals surface area (Å²) in [7, 11) is 0. The molecule has 2 heteroatoms. The van der Waals surface area contributed by atoms with Crippen LogP contribution < -0.4 is 5.32 Å². The molecule has 1 saturated heterocycles. The molecule has 1 saturated carbocycles. The lowest BCUT2D eigenvalue weighted by molar-refractivity contribution is -0.110. The summed E-state index contributed by atoms with van der Waals surface area (Å²) in [6, 6.07) is 11.8. The van der Waals surface area contributed by atoms with Gasteiger partial charge in [0.05, 0.1) is 5.60 Å². The number of rotatable bonds is 3. The van der Waals surface area contributed by atoms with Crippen molar-refractivity contribution in [1.82, 2.24) is 5.32 Å². The van der Waals surface area contributed by atoms with Crippen molar-refractivity contribution >= 4 is 0 Å². The van der Waals surface area contributed by atoms with Gasteiger partial charge in [-0.15, -0.1) is 0 Å². The summed E-state index contributed by atoms with van der Waals surface area (Å²) in [6.45, 7) is 3.21. The maximum Gasteiger partial charge on any atom is 0.0697 e. The summed E-state index contributed by atoms with van der Waals surface area (Å²) in [4.78, 5) is 0. The van der Waals surface area contributed by atoms with Gasteiger partial charge in [0.2, 0.25) is 0 Å². The summed E-state index contributed by atoms with van der Waals surface area (Å²) < 4.78 is 6.18. The first-order valence-corrected chi connectivity index (χ1v) is 8.22. The van der Waals surface area contributed by atoms with E-state index < -0.39 is 0 Å². The fourth-order valence-electron chi connectivity index (χ4n) is 3.91. The second kappa shape index (κ2) is 6.28. The van der Waals surface area contributed by atoms with Crippen LogP contribution in [0.4, 0.5) is 0 Å². The van der Waals surface area contributed by atoms with Crippen molar-refractivity contribution in [2.24, 2.45) is 0 Å². The Balaban J connectivity index is 1.60. The minimum Gasteiger partial charge on any atom is -0.375 e. The van der Waals surface area contributed by atoms with E-state index in [1.165, 1.54) is 44.1 Å². The van der Waals surface area contributed by atoms with Gasteiger partial charge in [-0.1, -0.05) is 49.6 Å². The topological polar surface area (TPSA) is 21.3 Å². The standard InChI is InChI=1S/C18H27NO/c1-15(16-8-4-2-5-9-16)19-17-10-13-20-18(14-17)11-6-3-7-12-18/h2,4-5,8-9,15,17,19H,3,6-7,10-14H2,1H3/t15-,17?/m1/s1. The van der Waals surface area contributed by atoms with Crippen LogP contribution in [0.3, 0.4) is 0 Å². The molecule has 20 heavy (non-hydrogen) atoms. The van der Waals surface area contributed by atoms with Crippen molar-refractivity contribution in [2.45, 2.75) is 69.6 Å². The molecule has 1 aliphatic heterocycles. The third-order valence-corrected chi connectivity index (χ3v) is 5.04. The van der Waals surface area contributed by atoms with Crippen LogP contribution in [0, 0.1) is 0 Å². The van der Waals surface area contributed by atoms with E-state index in [4.69, 9.17) is 4.74 Å². The highest BCUT2D eigenvalue weighted by atomic mass is 16.5. The molecule has 110 valence electrons. The lowest BCUT2D eigenvalue weighted by atomic mass is 9.78. The van der Waals surface area contributed by atoms with E-state index in [2.05, 4.69) is 42.6 Å². The Labute approximate surface area is 122 Å². The Morgan fingerprint density at radius 3 is 2.65 bits per heavy atom. The molecule has 0 aromatic heterocycles. The zero-order valence-electron chi connectivity index (χ0n) is 12.6. The highest BCUT2D eigenvalue weighted by Gasteiger charge is 2.38. The average molecular weight is 273 g/mol. The molecule has 1 N–H and O–H groups in total. The molecule has 0 bridgehead atoms. The Bertz CT molecular complexity index is 405. The summed E-state index contributed by atoms with van der Waals surface area (Å²) in [5.74, 6) is 0. The summed E-state index contributed by atoms with van der Waals surface area (Å²) >= 11 is 0. The normalized spacial score (nSPS) is 27.4. The maximum atomic E-state index is 6.18. The smallest absolute Gasteiger partial charge is 0.0697 e. The number of hydrogen-bond acceptors (Lipinski definition) is 2. The molecule has 1 heterocycles. The van der Waals surface area contributed by atoms with Gasteiger partial charge in [0, 0.05) is 18.7 Å². The Morgan fingerprint density at radius 1 is 1.15 bits per heavy atom. The molecule has 1 unspecified atom stereocenters. The Hall–Kier alpha value is -0.860. The van der Waals surface area contributed by atoms with E-state index in [0.29, 0.717) is 12.1 Å². The van der Waals surface area contributed by atoms with Gasteiger partial charge in [0.25, 0.3) is 0 Å². The van der Waals surface area contributed by atoms with Gasteiger partial charge < -0.3 is 10.1 Å². The number of benzene rings is 1. The van der Waals surface area contributed by atoms with E-state index in [1.54, 1.807) is 0 Å².